The second-order valence-electron chi connectivity index (χ2n) is 25.3. The normalized spacial score (nSPS) is 19.1. The van der Waals surface area contributed by atoms with Gasteiger partial charge >= 0.3 is 0 Å². The van der Waals surface area contributed by atoms with E-state index in [4.69, 9.17) is 9.47 Å². The van der Waals surface area contributed by atoms with Gasteiger partial charge in [-0.3, -0.25) is 4.79 Å². The Morgan fingerprint density at radius 3 is 1.06 bits per heavy atom. The van der Waals surface area contributed by atoms with Gasteiger partial charge in [0.05, 0.1) is 25.4 Å². The van der Waals surface area contributed by atoms with Gasteiger partial charge in [0.1, 0.15) is 36.6 Å². The third kappa shape index (κ3) is 46.7. The van der Waals surface area contributed by atoms with Crippen LogP contribution in [0.2, 0.25) is 0 Å². The Balaban J connectivity index is 2.20. The highest BCUT2D eigenvalue weighted by atomic mass is 16.7. The van der Waals surface area contributed by atoms with Crippen LogP contribution in [0, 0.1) is 0 Å². The maximum absolute atomic E-state index is 13.2. The Kier molecular flexibility index (Phi) is 56.9. The number of unbranched alkanes of at least 4 members (excludes halogenated alkanes) is 49. The fraction of sp³-hybridized carbons (Fsp3) is 0.957. The Morgan fingerprint density at radius 2 is 0.728 bits per heavy atom. The number of nitrogens with one attached hydrogen (secondary N) is 1. The van der Waals surface area contributed by atoms with Crippen LogP contribution in [0.15, 0.2) is 12.2 Å². The van der Waals surface area contributed by atoms with E-state index in [-0.39, 0.29) is 12.8 Å². The molecular formula is C70H137NO10. The van der Waals surface area contributed by atoms with Crippen LogP contribution in [0.5, 0.6) is 0 Å². The van der Waals surface area contributed by atoms with Gasteiger partial charge < -0.3 is 50.5 Å². The number of hydrogen-bond acceptors (Lipinski definition) is 10. The second-order valence-corrected chi connectivity index (χ2v) is 25.3. The highest BCUT2D eigenvalue weighted by Gasteiger charge is 2.44. The smallest absolute Gasteiger partial charge is 0.249 e. The fourth-order valence-corrected chi connectivity index (χ4v) is 11.9. The van der Waals surface area contributed by atoms with E-state index < -0.39 is 74.2 Å². The summed E-state index contributed by atoms with van der Waals surface area (Å²) in [6.45, 7) is 3.51. The monoisotopic (exact) mass is 1150 g/mol. The van der Waals surface area contributed by atoms with Gasteiger partial charge in [-0.2, -0.15) is 0 Å². The first-order valence-corrected chi connectivity index (χ1v) is 35.6. The molecule has 1 saturated heterocycles. The molecule has 1 heterocycles. The molecule has 11 nitrogen and oxygen atoms in total. The molecule has 1 fully saturated rings. The molecule has 1 amide bonds. The molecule has 1 rings (SSSR count). The lowest BCUT2D eigenvalue weighted by Crippen LogP contribution is -2.60. The van der Waals surface area contributed by atoms with E-state index in [2.05, 4.69) is 31.3 Å². The first-order valence-electron chi connectivity index (χ1n) is 35.6. The summed E-state index contributed by atoms with van der Waals surface area (Å²) in [7, 11) is 0. The molecule has 0 bridgehead atoms. The van der Waals surface area contributed by atoms with Crippen molar-refractivity contribution in [2.75, 3.05) is 13.2 Å². The molecule has 9 atom stereocenters. The van der Waals surface area contributed by atoms with E-state index >= 15 is 0 Å². The molecule has 9 unspecified atom stereocenters. The molecule has 0 aromatic carbocycles. The van der Waals surface area contributed by atoms with Crippen molar-refractivity contribution in [3.8, 4) is 0 Å². The summed E-state index contributed by atoms with van der Waals surface area (Å²) in [6.07, 6.45) is 61.6. The third-order valence-electron chi connectivity index (χ3n) is 17.6. The Labute approximate surface area is 500 Å². The van der Waals surface area contributed by atoms with Crippen LogP contribution in [0.3, 0.4) is 0 Å². The van der Waals surface area contributed by atoms with Gasteiger partial charge in [-0.25, -0.2) is 0 Å². The van der Waals surface area contributed by atoms with E-state index in [0.717, 1.165) is 32.1 Å². The number of amides is 1. The zero-order valence-electron chi connectivity index (χ0n) is 53.3. The number of hydrogen-bond donors (Lipinski definition) is 8. The zero-order chi connectivity index (χ0) is 58.9. The number of carbonyl (C=O) groups excluding carboxylic acids is 1. The Hall–Kier alpha value is -1.15. The molecule has 8 N–H and O–H groups in total. The molecule has 0 radical (unpaired) electrons. The number of ether oxygens (including phenoxy) is 2. The number of aliphatic hydroxyl groups excluding tert-OH is 7. The van der Waals surface area contributed by atoms with Crippen molar-refractivity contribution in [2.24, 2.45) is 0 Å². The molecule has 1 aliphatic heterocycles. The predicted molar refractivity (Wildman–Crippen MR) is 339 cm³/mol. The van der Waals surface area contributed by atoms with Crippen molar-refractivity contribution in [1.29, 1.82) is 0 Å². The summed E-state index contributed by atoms with van der Waals surface area (Å²) in [5, 5.41) is 76.5. The van der Waals surface area contributed by atoms with Crippen LogP contribution in [-0.2, 0) is 14.3 Å². The minimum atomic E-state index is -1.67. The summed E-state index contributed by atoms with van der Waals surface area (Å²) in [5.74, 6) is -0.698. The van der Waals surface area contributed by atoms with Gasteiger partial charge in [-0.1, -0.05) is 334 Å². The zero-order valence-corrected chi connectivity index (χ0v) is 53.3. The molecule has 482 valence electrons. The number of aliphatic hydroxyl groups is 7. The van der Waals surface area contributed by atoms with E-state index in [1.54, 1.807) is 0 Å². The van der Waals surface area contributed by atoms with Crippen LogP contribution < -0.4 is 5.32 Å². The Morgan fingerprint density at radius 1 is 0.420 bits per heavy atom. The number of carbonyl (C=O) groups is 1. The molecule has 1 aliphatic rings. The predicted octanol–water partition coefficient (Wildman–Crippen LogP) is 17.0. The SMILES string of the molecule is CCCCCCCCCCCCCCCCCCCCCCCCCCC/C=C/CCCC(O)C(O)C(COC1OC(CO)C(O)C(O)C1O)NC(=O)C(O)CCCCCCCCCCCCCCCCCCCCCCCCCC. The highest BCUT2D eigenvalue weighted by Crippen LogP contribution is 2.24. The van der Waals surface area contributed by atoms with Crippen molar-refractivity contribution in [3.05, 3.63) is 12.2 Å². The lowest BCUT2D eigenvalue weighted by Gasteiger charge is -2.40. The quantitative estimate of drug-likeness (QED) is 0.0215. The standard InChI is InChI=1S/C70H137NO10/c1-3-5-7-9-11-13-15-17-19-21-23-25-27-29-30-31-32-33-34-36-37-39-41-43-45-47-49-51-53-55-57-62(73)65(75)61(60-80-70-68(78)67(77)66(76)64(59-72)81-70)71-69(79)63(74)58-56-54-52-50-48-46-44-42-40-38-35-28-26-24-22-20-18-16-14-12-10-8-6-4-2/h49,51,61-68,70,72-78H,3-48,50,52-60H2,1-2H3,(H,71,79)/b51-49+. The highest BCUT2D eigenvalue weighted by molar-refractivity contribution is 5.80. The van der Waals surface area contributed by atoms with Crippen LogP contribution >= 0.6 is 0 Å². The topological polar surface area (TPSA) is 189 Å². The average molecular weight is 1150 g/mol. The maximum Gasteiger partial charge on any atom is 0.249 e. The summed E-state index contributed by atoms with van der Waals surface area (Å²) in [5.41, 5.74) is 0. The molecule has 81 heavy (non-hydrogen) atoms. The lowest BCUT2D eigenvalue weighted by molar-refractivity contribution is -0.303. The maximum atomic E-state index is 13.2. The van der Waals surface area contributed by atoms with Crippen LogP contribution in [-0.4, -0.2) is 110 Å². The van der Waals surface area contributed by atoms with Crippen molar-refractivity contribution in [3.63, 3.8) is 0 Å². The van der Waals surface area contributed by atoms with E-state index in [0.29, 0.717) is 12.8 Å². The van der Waals surface area contributed by atoms with Gasteiger partial charge in [0.2, 0.25) is 5.91 Å². The van der Waals surface area contributed by atoms with Crippen molar-refractivity contribution < 1.29 is 50.0 Å². The first-order chi connectivity index (χ1) is 39.7. The molecule has 0 aromatic rings. The van der Waals surface area contributed by atoms with E-state index in [1.165, 1.54) is 289 Å². The summed E-state index contributed by atoms with van der Waals surface area (Å²) < 4.78 is 11.2. The molecule has 0 spiro atoms. The minimum Gasteiger partial charge on any atom is -0.394 e. The van der Waals surface area contributed by atoms with Gasteiger partial charge in [-0.05, 0) is 38.5 Å². The molecule has 0 saturated carbocycles. The molecule has 11 heteroatoms. The molecule has 0 aliphatic carbocycles. The van der Waals surface area contributed by atoms with Gasteiger partial charge in [-0.15, -0.1) is 0 Å². The summed E-state index contributed by atoms with van der Waals surface area (Å²) in [6, 6.07) is -1.18. The Bertz CT molecular complexity index is 1320. The van der Waals surface area contributed by atoms with E-state index in [9.17, 15) is 40.5 Å². The second kappa shape index (κ2) is 59.2. The first kappa shape index (κ1) is 77.9. The van der Waals surface area contributed by atoms with Gasteiger partial charge in [0, 0.05) is 0 Å². The van der Waals surface area contributed by atoms with Crippen molar-refractivity contribution in [2.45, 2.75) is 416 Å². The summed E-state index contributed by atoms with van der Waals surface area (Å²) in [4.78, 5) is 13.2. The number of allylic oxidation sites excluding steroid dienone is 2. The number of rotatable bonds is 63. The van der Waals surface area contributed by atoms with Gasteiger partial charge in [0.25, 0.3) is 0 Å². The molecule has 0 aromatic heterocycles. The van der Waals surface area contributed by atoms with Crippen LogP contribution in [0.25, 0.3) is 0 Å². The lowest BCUT2D eigenvalue weighted by atomic mass is 9.98. The van der Waals surface area contributed by atoms with Crippen molar-refractivity contribution in [1.82, 2.24) is 5.32 Å². The van der Waals surface area contributed by atoms with Crippen LogP contribution in [0.1, 0.15) is 361 Å². The minimum absolute atomic E-state index is 0.260. The molecular weight excluding hydrogens is 1010 g/mol. The fourth-order valence-electron chi connectivity index (χ4n) is 11.9. The third-order valence-corrected chi connectivity index (χ3v) is 17.6. The summed E-state index contributed by atoms with van der Waals surface area (Å²) >= 11 is 0. The average Bonchev–Trinajstić information content (AvgIpc) is 3.49. The van der Waals surface area contributed by atoms with Gasteiger partial charge in [0.15, 0.2) is 6.29 Å². The van der Waals surface area contributed by atoms with E-state index in [1.807, 2.05) is 0 Å². The largest absolute Gasteiger partial charge is 0.394 e. The van der Waals surface area contributed by atoms with Crippen LogP contribution in [0.4, 0.5) is 0 Å². The van der Waals surface area contributed by atoms with Crippen molar-refractivity contribution >= 4 is 5.91 Å².